The molecule has 4 heteroatoms. The Hall–Kier alpha value is -2.50. The molecule has 3 aromatic rings. The van der Waals surface area contributed by atoms with Crippen molar-refractivity contribution in [3.05, 3.63) is 93.5 Å². The van der Waals surface area contributed by atoms with Gasteiger partial charge in [0.05, 0.1) is 26.4 Å². The number of aliphatic hydroxyl groups excluding tert-OH is 2. The van der Waals surface area contributed by atoms with Crippen LogP contribution in [0, 0.1) is 6.92 Å². The molecule has 0 aromatic heterocycles. The third kappa shape index (κ3) is 5.52. The van der Waals surface area contributed by atoms with Gasteiger partial charge in [0.1, 0.15) is 0 Å². The van der Waals surface area contributed by atoms with Gasteiger partial charge in [-0.3, -0.25) is 0 Å². The minimum atomic E-state index is -0.614. The Labute approximate surface area is 209 Å². The molecule has 1 saturated heterocycles. The first-order valence-corrected chi connectivity index (χ1v) is 12.9. The monoisotopic (exact) mass is 474 g/mol. The third-order valence-electron chi connectivity index (χ3n) is 7.19. The molecule has 0 aliphatic carbocycles. The van der Waals surface area contributed by atoms with E-state index in [9.17, 15) is 10.2 Å². The summed E-state index contributed by atoms with van der Waals surface area (Å²) >= 11 is 0. The largest absolute Gasteiger partial charge is 0.392 e. The standard InChI is InChI=1S/C31H38O4/c1-4-6-25-19-28(31(5-2)34-15-16-35-31)13-14-29(25)30-18-24(8-7-22(30)3)10-9-23-11-12-26(20-32)27(17-23)21-33/h7-8,11-14,17-19,32-33H,4-6,9-10,15-16,20-21H2,1-3H3. The molecule has 4 rings (SSSR count). The van der Waals surface area contributed by atoms with Crippen molar-refractivity contribution < 1.29 is 19.7 Å². The number of hydrogen-bond acceptors (Lipinski definition) is 4. The van der Waals surface area contributed by atoms with Gasteiger partial charge in [-0.1, -0.05) is 68.8 Å². The fraction of sp³-hybridized carbons (Fsp3) is 0.419. The summed E-state index contributed by atoms with van der Waals surface area (Å²) in [6.07, 6.45) is 4.68. The maximum Gasteiger partial charge on any atom is 0.194 e. The summed E-state index contributed by atoms with van der Waals surface area (Å²) in [6, 6.07) is 19.5. The normalized spacial score (nSPS) is 15.0. The maximum atomic E-state index is 9.62. The Morgan fingerprint density at radius 1 is 0.714 bits per heavy atom. The average Bonchev–Trinajstić information content (AvgIpc) is 3.39. The van der Waals surface area contributed by atoms with Crippen LogP contribution in [0.5, 0.6) is 0 Å². The fourth-order valence-corrected chi connectivity index (χ4v) is 5.14. The predicted molar refractivity (Wildman–Crippen MR) is 140 cm³/mol. The first-order valence-electron chi connectivity index (χ1n) is 12.9. The highest BCUT2D eigenvalue weighted by atomic mass is 16.7. The van der Waals surface area contributed by atoms with Crippen LogP contribution in [-0.2, 0) is 47.7 Å². The lowest BCUT2D eigenvalue weighted by molar-refractivity contribution is -0.167. The molecule has 0 amide bonds. The number of rotatable bonds is 10. The van der Waals surface area contributed by atoms with Gasteiger partial charge >= 0.3 is 0 Å². The second kappa shape index (κ2) is 11.5. The molecule has 0 saturated carbocycles. The Kier molecular flexibility index (Phi) is 8.40. The number of benzene rings is 3. The number of hydrogen-bond donors (Lipinski definition) is 2. The fourth-order valence-electron chi connectivity index (χ4n) is 5.14. The number of ether oxygens (including phenoxy) is 2. The van der Waals surface area contributed by atoms with E-state index in [0.717, 1.165) is 48.8 Å². The summed E-state index contributed by atoms with van der Waals surface area (Å²) in [4.78, 5) is 0. The molecule has 1 fully saturated rings. The Balaban J connectivity index is 1.61. The minimum Gasteiger partial charge on any atom is -0.392 e. The van der Waals surface area contributed by atoms with Gasteiger partial charge in [-0.05, 0) is 76.8 Å². The predicted octanol–water partition coefficient (Wildman–Crippen LogP) is 5.99. The van der Waals surface area contributed by atoms with Crippen LogP contribution in [0.3, 0.4) is 0 Å². The van der Waals surface area contributed by atoms with Crippen molar-refractivity contribution in [3.8, 4) is 11.1 Å². The molecule has 186 valence electrons. The number of aliphatic hydroxyl groups is 2. The summed E-state index contributed by atoms with van der Waals surface area (Å²) < 4.78 is 12.1. The van der Waals surface area contributed by atoms with E-state index in [1.807, 2.05) is 12.1 Å². The molecule has 0 atom stereocenters. The third-order valence-corrected chi connectivity index (χ3v) is 7.19. The number of aryl methyl sites for hydroxylation is 4. The van der Waals surface area contributed by atoms with E-state index in [-0.39, 0.29) is 13.2 Å². The van der Waals surface area contributed by atoms with Gasteiger partial charge in [0.25, 0.3) is 0 Å². The quantitative estimate of drug-likeness (QED) is 0.379. The molecule has 0 spiro atoms. The van der Waals surface area contributed by atoms with Crippen LogP contribution in [0.15, 0.2) is 54.6 Å². The molecule has 1 heterocycles. The zero-order chi connectivity index (χ0) is 24.8. The van der Waals surface area contributed by atoms with Crippen molar-refractivity contribution in [2.75, 3.05) is 13.2 Å². The van der Waals surface area contributed by atoms with E-state index >= 15 is 0 Å². The molecule has 2 N–H and O–H groups in total. The van der Waals surface area contributed by atoms with Crippen molar-refractivity contribution >= 4 is 0 Å². The second-order valence-corrected chi connectivity index (χ2v) is 9.49. The van der Waals surface area contributed by atoms with Crippen molar-refractivity contribution in [2.45, 2.75) is 71.9 Å². The zero-order valence-electron chi connectivity index (χ0n) is 21.3. The van der Waals surface area contributed by atoms with Gasteiger partial charge in [-0.2, -0.15) is 0 Å². The highest BCUT2D eigenvalue weighted by Gasteiger charge is 2.37. The SMILES string of the molecule is CCCc1cc(C2(CC)OCCO2)ccc1-c1cc(CCc2ccc(CO)c(CO)c2)ccc1C. The van der Waals surface area contributed by atoms with Crippen LogP contribution >= 0.6 is 0 Å². The Bertz CT molecular complexity index is 1140. The molecule has 0 unspecified atom stereocenters. The van der Waals surface area contributed by atoms with Crippen LogP contribution in [0.1, 0.15) is 65.6 Å². The van der Waals surface area contributed by atoms with Gasteiger partial charge in [0.2, 0.25) is 0 Å². The van der Waals surface area contributed by atoms with E-state index in [2.05, 4.69) is 63.2 Å². The lowest BCUT2D eigenvalue weighted by Gasteiger charge is -2.27. The Morgan fingerprint density at radius 3 is 2.06 bits per heavy atom. The second-order valence-electron chi connectivity index (χ2n) is 9.49. The van der Waals surface area contributed by atoms with E-state index in [1.165, 1.54) is 33.4 Å². The first kappa shape index (κ1) is 25.6. The molecular formula is C31H38O4. The molecule has 0 bridgehead atoms. The van der Waals surface area contributed by atoms with E-state index < -0.39 is 5.79 Å². The van der Waals surface area contributed by atoms with Gasteiger partial charge < -0.3 is 19.7 Å². The van der Waals surface area contributed by atoms with E-state index in [0.29, 0.717) is 13.2 Å². The van der Waals surface area contributed by atoms with Crippen molar-refractivity contribution in [1.82, 2.24) is 0 Å². The van der Waals surface area contributed by atoms with Gasteiger partial charge in [0.15, 0.2) is 5.79 Å². The molecule has 4 nitrogen and oxygen atoms in total. The van der Waals surface area contributed by atoms with Crippen LogP contribution in [0.4, 0.5) is 0 Å². The van der Waals surface area contributed by atoms with E-state index in [1.54, 1.807) is 0 Å². The lowest BCUT2D eigenvalue weighted by atomic mass is 9.88. The highest BCUT2D eigenvalue weighted by molar-refractivity contribution is 5.72. The lowest BCUT2D eigenvalue weighted by Crippen LogP contribution is -2.26. The van der Waals surface area contributed by atoms with Crippen molar-refractivity contribution in [2.24, 2.45) is 0 Å². The molecule has 3 aromatic carbocycles. The zero-order valence-corrected chi connectivity index (χ0v) is 21.3. The summed E-state index contributed by atoms with van der Waals surface area (Å²) in [7, 11) is 0. The molecule has 0 radical (unpaired) electrons. The van der Waals surface area contributed by atoms with Crippen LogP contribution in [0.25, 0.3) is 11.1 Å². The molecule has 1 aliphatic rings. The highest BCUT2D eigenvalue weighted by Crippen LogP contribution is 2.38. The molecule has 1 aliphatic heterocycles. The smallest absolute Gasteiger partial charge is 0.194 e. The van der Waals surface area contributed by atoms with Gasteiger partial charge in [-0.15, -0.1) is 0 Å². The van der Waals surface area contributed by atoms with Crippen LogP contribution in [0.2, 0.25) is 0 Å². The van der Waals surface area contributed by atoms with Crippen molar-refractivity contribution in [1.29, 1.82) is 0 Å². The van der Waals surface area contributed by atoms with Crippen LogP contribution < -0.4 is 0 Å². The van der Waals surface area contributed by atoms with Gasteiger partial charge in [0, 0.05) is 12.0 Å². The van der Waals surface area contributed by atoms with Crippen molar-refractivity contribution in [3.63, 3.8) is 0 Å². The van der Waals surface area contributed by atoms with E-state index in [4.69, 9.17) is 9.47 Å². The molecule has 35 heavy (non-hydrogen) atoms. The maximum absolute atomic E-state index is 9.62. The summed E-state index contributed by atoms with van der Waals surface area (Å²) in [5.74, 6) is -0.614. The minimum absolute atomic E-state index is 0.0476. The average molecular weight is 475 g/mol. The molecular weight excluding hydrogens is 436 g/mol. The van der Waals surface area contributed by atoms with Gasteiger partial charge in [-0.25, -0.2) is 0 Å². The summed E-state index contributed by atoms with van der Waals surface area (Å²) in [6.45, 7) is 7.71. The Morgan fingerprint density at radius 2 is 1.40 bits per heavy atom. The summed E-state index contributed by atoms with van der Waals surface area (Å²) in [5, 5.41) is 19.1. The topological polar surface area (TPSA) is 58.9 Å². The summed E-state index contributed by atoms with van der Waals surface area (Å²) in [5.41, 5.74) is 10.4. The first-order chi connectivity index (χ1) is 17.0. The van der Waals surface area contributed by atoms with Crippen LogP contribution in [-0.4, -0.2) is 23.4 Å².